The standard InChI is InChI=1S/C11H18IN3O2S/c1-13-8-3-9-15(2)18(16,17)14-11-6-4-10(12)5-7-11/h4-7,13-14H,3,8-9H2,1-2H3. The minimum absolute atomic E-state index is 0.487. The quantitative estimate of drug-likeness (QED) is 0.554. The highest BCUT2D eigenvalue weighted by atomic mass is 127. The van der Waals surface area contributed by atoms with Crippen molar-refractivity contribution in [1.29, 1.82) is 0 Å². The van der Waals surface area contributed by atoms with Crippen molar-refractivity contribution in [2.75, 3.05) is 31.9 Å². The molecule has 1 aromatic rings. The van der Waals surface area contributed by atoms with Crippen molar-refractivity contribution < 1.29 is 8.42 Å². The second kappa shape index (κ2) is 7.27. The van der Waals surface area contributed by atoms with Crippen LogP contribution in [0.1, 0.15) is 6.42 Å². The maximum Gasteiger partial charge on any atom is 0.301 e. The molecule has 1 aromatic carbocycles. The second-order valence-corrected chi connectivity index (χ2v) is 6.92. The molecule has 0 aliphatic carbocycles. The second-order valence-electron chi connectivity index (χ2n) is 3.89. The Labute approximate surface area is 122 Å². The molecule has 0 unspecified atom stereocenters. The minimum Gasteiger partial charge on any atom is -0.320 e. The number of nitrogens with one attached hydrogen (secondary N) is 2. The first-order chi connectivity index (χ1) is 8.45. The van der Waals surface area contributed by atoms with Crippen LogP contribution in [-0.2, 0) is 10.2 Å². The molecule has 0 amide bonds. The molecule has 5 nitrogen and oxygen atoms in total. The van der Waals surface area contributed by atoms with E-state index in [0.29, 0.717) is 12.2 Å². The number of rotatable bonds is 7. The molecular formula is C11H18IN3O2S. The number of anilines is 1. The van der Waals surface area contributed by atoms with E-state index < -0.39 is 10.2 Å². The van der Waals surface area contributed by atoms with Crippen molar-refractivity contribution >= 4 is 38.5 Å². The van der Waals surface area contributed by atoms with Crippen LogP contribution in [0.5, 0.6) is 0 Å². The van der Waals surface area contributed by atoms with E-state index in [9.17, 15) is 8.42 Å². The summed E-state index contributed by atoms with van der Waals surface area (Å²) in [6.07, 6.45) is 0.778. The van der Waals surface area contributed by atoms with Gasteiger partial charge in [-0.2, -0.15) is 12.7 Å². The van der Waals surface area contributed by atoms with Crippen LogP contribution >= 0.6 is 22.6 Å². The molecule has 7 heteroatoms. The van der Waals surface area contributed by atoms with Crippen molar-refractivity contribution in [1.82, 2.24) is 9.62 Å². The zero-order chi connectivity index (χ0) is 13.6. The van der Waals surface area contributed by atoms with Gasteiger partial charge in [-0.05, 0) is 66.9 Å². The Morgan fingerprint density at radius 3 is 2.44 bits per heavy atom. The molecular weight excluding hydrogens is 365 g/mol. The molecule has 0 fully saturated rings. The summed E-state index contributed by atoms with van der Waals surface area (Å²) in [5.74, 6) is 0. The van der Waals surface area contributed by atoms with Crippen molar-refractivity contribution in [3.8, 4) is 0 Å². The molecule has 0 atom stereocenters. The predicted octanol–water partition coefficient (Wildman–Crippen LogP) is 1.49. The molecule has 0 saturated carbocycles. The van der Waals surface area contributed by atoms with Crippen LogP contribution in [0, 0.1) is 3.57 Å². The van der Waals surface area contributed by atoms with E-state index in [0.717, 1.165) is 16.5 Å². The Hall–Kier alpha value is -0.380. The molecule has 1 rings (SSSR count). The lowest BCUT2D eigenvalue weighted by Crippen LogP contribution is -2.34. The molecule has 0 saturated heterocycles. The van der Waals surface area contributed by atoms with E-state index in [-0.39, 0.29) is 0 Å². The van der Waals surface area contributed by atoms with Crippen molar-refractivity contribution in [3.05, 3.63) is 27.8 Å². The molecule has 0 spiro atoms. The summed E-state index contributed by atoms with van der Waals surface area (Å²) in [5.41, 5.74) is 0.580. The smallest absolute Gasteiger partial charge is 0.301 e. The van der Waals surface area contributed by atoms with Gasteiger partial charge < -0.3 is 5.32 Å². The maximum atomic E-state index is 12.0. The minimum atomic E-state index is -3.45. The van der Waals surface area contributed by atoms with Crippen molar-refractivity contribution in [2.24, 2.45) is 0 Å². The largest absolute Gasteiger partial charge is 0.320 e. The van der Waals surface area contributed by atoms with E-state index in [4.69, 9.17) is 0 Å². The van der Waals surface area contributed by atoms with E-state index >= 15 is 0 Å². The fourth-order valence-corrected chi connectivity index (χ4v) is 2.66. The van der Waals surface area contributed by atoms with Gasteiger partial charge in [-0.3, -0.25) is 4.72 Å². The zero-order valence-corrected chi connectivity index (χ0v) is 13.5. The predicted molar refractivity (Wildman–Crippen MR) is 82.9 cm³/mol. The summed E-state index contributed by atoms with van der Waals surface area (Å²) in [5, 5.41) is 2.99. The molecule has 0 bridgehead atoms. The SMILES string of the molecule is CNCCCN(C)S(=O)(=O)Nc1ccc(I)cc1. The fourth-order valence-electron chi connectivity index (χ4n) is 1.34. The van der Waals surface area contributed by atoms with Gasteiger partial charge in [0.25, 0.3) is 0 Å². The van der Waals surface area contributed by atoms with Gasteiger partial charge in [0.15, 0.2) is 0 Å². The van der Waals surface area contributed by atoms with Gasteiger partial charge in [0, 0.05) is 22.8 Å². The highest BCUT2D eigenvalue weighted by molar-refractivity contribution is 14.1. The molecule has 0 aromatic heterocycles. The van der Waals surface area contributed by atoms with Crippen LogP contribution in [0.2, 0.25) is 0 Å². The Morgan fingerprint density at radius 1 is 1.28 bits per heavy atom. The summed E-state index contributed by atoms with van der Waals surface area (Å²) in [6, 6.07) is 7.22. The highest BCUT2D eigenvalue weighted by Crippen LogP contribution is 2.13. The van der Waals surface area contributed by atoms with Gasteiger partial charge in [0.1, 0.15) is 0 Å². The van der Waals surface area contributed by atoms with Gasteiger partial charge in [-0.15, -0.1) is 0 Å². The molecule has 0 aliphatic heterocycles. The average molecular weight is 383 g/mol. The maximum absolute atomic E-state index is 12.0. The van der Waals surface area contributed by atoms with Gasteiger partial charge in [0.2, 0.25) is 0 Å². The average Bonchev–Trinajstić information content (AvgIpc) is 2.32. The highest BCUT2D eigenvalue weighted by Gasteiger charge is 2.16. The third kappa shape index (κ3) is 5.09. The Balaban J connectivity index is 2.60. The fraction of sp³-hybridized carbons (Fsp3) is 0.455. The summed E-state index contributed by atoms with van der Waals surface area (Å²) < 4.78 is 28.9. The summed E-state index contributed by atoms with van der Waals surface area (Å²) >= 11 is 2.18. The van der Waals surface area contributed by atoms with Crippen LogP contribution in [0.25, 0.3) is 0 Å². The van der Waals surface area contributed by atoms with E-state index in [1.165, 1.54) is 4.31 Å². The topological polar surface area (TPSA) is 61.4 Å². The van der Waals surface area contributed by atoms with Gasteiger partial charge in [0.05, 0.1) is 0 Å². The Kier molecular flexibility index (Phi) is 6.33. The number of benzene rings is 1. The first-order valence-electron chi connectivity index (χ1n) is 5.60. The Bertz CT molecular complexity index is 462. The van der Waals surface area contributed by atoms with Gasteiger partial charge in [-0.25, -0.2) is 0 Å². The third-order valence-electron chi connectivity index (χ3n) is 2.40. The molecule has 2 N–H and O–H groups in total. The van der Waals surface area contributed by atoms with Crippen LogP contribution in [-0.4, -0.2) is 39.9 Å². The number of hydrogen-bond acceptors (Lipinski definition) is 3. The molecule has 0 radical (unpaired) electrons. The molecule has 18 heavy (non-hydrogen) atoms. The van der Waals surface area contributed by atoms with E-state index in [2.05, 4.69) is 32.6 Å². The van der Waals surface area contributed by atoms with Crippen molar-refractivity contribution in [3.63, 3.8) is 0 Å². The molecule has 102 valence electrons. The first kappa shape index (κ1) is 15.7. The van der Waals surface area contributed by atoms with Crippen LogP contribution < -0.4 is 10.0 Å². The monoisotopic (exact) mass is 383 g/mol. The van der Waals surface area contributed by atoms with Crippen LogP contribution in [0.15, 0.2) is 24.3 Å². The molecule has 0 aliphatic rings. The normalized spacial score (nSPS) is 11.8. The zero-order valence-electron chi connectivity index (χ0n) is 10.5. The lowest BCUT2D eigenvalue weighted by Gasteiger charge is -2.18. The Morgan fingerprint density at radius 2 is 1.89 bits per heavy atom. The number of halogens is 1. The summed E-state index contributed by atoms with van der Waals surface area (Å²) in [4.78, 5) is 0. The lowest BCUT2D eigenvalue weighted by atomic mass is 10.3. The molecule has 0 heterocycles. The van der Waals surface area contributed by atoms with E-state index in [1.54, 1.807) is 19.2 Å². The third-order valence-corrected chi connectivity index (χ3v) is 4.62. The summed E-state index contributed by atoms with van der Waals surface area (Å²) in [6.45, 7) is 1.28. The summed E-state index contributed by atoms with van der Waals surface area (Å²) in [7, 11) is -0.0339. The first-order valence-corrected chi connectivity index (χ1v) is 8.12. The number of hydrogen-bond donors (Lipinski definition) is 2. The van der Waals surface area contributed by atoms with Crippen LogP contribution in [0.3, 0.4) is 0 Å². The van der Waals surface area contributed by atoms with Crippen LogP contribution in [0.4, 0.5) is 5.69 Å². The van der Waals surface area contributed by atoms with Gasteiger partial charge >= 0.3 is 10.2 Å². The lowest BCUT2D eigenvalue weighted by molar-refractivity contribution is 0.462. The number of nitrogens with zero attached hydrogens (tertiary/aromatic N) is 1. The van der Waals surface area contributed by atoms with Crippen molar-refractivity contribution in [2.45, 2.75) is 6.42 Å². The van der Waals surface area contributed by atoms with E-state index in [1.807, 2.05) is 19.2 Å². The van der Waals surface area contributed by atoms with Gasteiger partial charge in [-0.1, -0.05) is 0 Å².